The second-order valence-electron chi connectivity index (χ2n) is 6.46. The predicted molar refractivity (Wildman–Crippen MR) is 97.1 cm³/mol. The molecule has 0 saturated carbocycles. The summed E-state index contributed by atoms with van der Waals surface area (Å²) in [5, 5.41) is 5.79. The number of carbonyl (C=O) groups is 2. The molecule has 136 valence electrons. The van der Waals surface area contributed by atoms with Crippen molar-refractivity contribution in [2.75, 3.05) is 18.4 Å². The van der Waals surface area contributed by atoms with Crippen molar-refractivity contribution >= 4 is 34.8 Å². The zero-order valence-electron chi connectivity index (χ0n) is 14.3. The van der Waals surface area contributed by atoms with Crippen LogP contribution in [0, 0.1) is 5.82 Å². The van der Waals surface area contributed by atoms with E-state index >= 15 is 0 Å². The first kappa shape index (κ1) is 18.1. The van der Waals surface area contributed by atoms with Gasteiger partial charge in [0.1, 0.15) is 17.1 Å². The van der Waals surface area contributed by atoms with Gasteiger partial charge in [0, 0.05) is 18.8 Å². The molecule has 0 atom stereocenters. The third-order valence-corrected chi connectivity index (χ3v) is 4.59. The van der Waals surface area contributed by atoms with Crippen LogP contribution in [0.5, 0.6) is 0 Å². The molecule has 3 rings (SSSR count). The van der Waals surface area contributed by atoms with E-state index in [0.29, 0.717) is 24.5 Å². The molecule has 6 nitrogen and oxygen atoms in total. The van der Waals surface area contributed by atoms with E-state index in [1.807, 2.05) is 0 Å². The molecule has 0 spiro atoms. The summed E-state index contributed by atoms with van der Waals surface area (Å²) in [6.45, 7) is 4.23. The van der Waals surface area contributed by atoms with Crippen molar-refractivity contribution in [3.8, 4) is 0 Å². The van der Waals surface area contributed by atoms with Crippen LogP contribution in [-0.4, -0.2) is 40.3 Å². The average Bonchev–Trinajstić information content (AvgIpc) is 2.61. The Morgan fingerprint density at radius 2 is 2.04 bits per heavy atom. The molecular weight excluding hydrogens is 359 g/mol. The summed E-state index contributed by atoms with van der Waals surface area (Å²) in [4.78, 5) is 30.4. The van der Waals surface area contributed by atoms with Gasteiger partial charge in [-0.15, -0.1) is 0 Å². The van der Waals surface area contributed by atoms with Gasteiger partial charge in [-0.3, -0.25) is 9.59 Å². The van der Waals surface area contributed by atoms with Crippen molar-refractivity contribution in [3.63, 3.8) is 0 Å². The van der Waals surface area contributed by atoms with E-state index in [1.54, 1.807) is 32.0 Å². The highest BCUT2D eigenvalue weighted by molar-refractivity contribution is 6.30. The number of halogens is 2. The molecule has 1 aliphatic heterocycles. The van der Waals surface area contributed by atoms with Crippen molar-refractivity contribution in [1.29, 1.82) is 0 Å². The molecule has 2 N–H and O–H groups in total. The van der Waals surface area contributed by atoms with E-state index < -0.39 is 11.4 Å². The summed E-state index contributed by atoms with van der Waals surface area (Å²) in [7, 11) is 0. The molecule has 26 heavy (non-hydrogen) atoms. The minimum Gasteiger partial charge on any atom is -0.354 e. The van der Waals surface area contributed by atoms with E-state index in [9.17, 15) is 14.0 Å². The van der Waals surface area contributed by atoms with E-state index in [0.717, 1.165) is 0 Å². The van der Waals surface area contributed by atoms with Crippen molar-refractivity contribution in [2.24, 2.45) is 0 Å². The highest BCUT2D eigenvalue weighted by Gasteiger charge is 2.41. The summed E-state index contributed by atoms with van der Waals surface area (Å²) >= 11 is 5.66. The maximum absolute atomic E-state index is 13.5. The number of aromatic nitrogens is 1. The first-order valence-electron chi connectivity index (χ1n) is 8.07. The molecular formula is C18H18ClFN4O2. The van der Waals surface area contributed by atoms with Crippen LogP contribution in [0.2, 0.25) is 5.02 Å². The minimum absolute atomic E-state index is 0.0443. The van der Waals surface area contributed by atoms with E-state index in [1.165, 1.54) is 23.2 Å². The number of benzene rings is 1. The molecule has 0 bridgehead atoms. The van der Waals surface area contributed by atoms with Crippen LogP contribution in [0.15, 0.2) is 36.5 Å². The number of nitrogens with one attached hydrogen (secondary N) is 2. The Hall–Kier alpha value is -2.67. The zero-order chi connectivity index (χ0) is 18.9. The van der Waals surface area contributed by atoms with Crippen LogP contribution >= 0.6 is 11.6 Å². The van der Waals surface area contributed by atoms with Gasteiger partial charge in [0.15, 0.2) is 0 Å². The van der Waals surface area contributed by atoms with Gasteiger partial charge in [-0.05, 0) is 44.2 Å². The zero-order valence-corrected chi connectivity index (χ0v) is 15.1. The lowest BCUT2D eigenvalue weighted by atomic mass is 9.98. The number of nitrogens with zero attached hydrogens (tertiary/aromatic N) is 2. The maximum atomic E-state index is 13.5. The second kappa shape index (κ2) is 6.92. The summed E-state index contributed by atoms with van der Waals surface area (Å²) in [5.41, 5.74) is 0.413. The van der Waals surface area contributed by atoms with Gasteiger partial charge in [-0.2, -0.15) is 0 Å². The Morgan fingerprint density at radius 3 is 2.69 bits per heavy atom. The number of hydrogen-bond donors (Lipinski definition) is 2. The van der Waals surface area contributed by atoms with Crippen molar-refractivity contribution in [2.45, 2.75) is 19.4 Å². The van der Waals surface area contributed by atoms with Gasteiger partial charge in [0.25, 0.3) is 5.91 Å². The first-order chi connectivity index (χ1) is 12.3. The Kier molecular flexibility index (Phi) is 4.82. The monoisotopic (exact) mass is 376 g/mol. The van der Waals surface area contributed by atoms with Crippen LogP contribution in [0.3, 0.4) is 0 Å². The van der Waals surface area contributed by atoms with Crippen molar-refractivity contribution in [1.82, 2.24) is 15.2 Å². The SMILES string of the molecule is CC1(C)C(=O)NCCN1C(=O)c1ccc(Nc2ccc(Cl)c(F)c2)cn1. The first-order valence-corrected chi connectivity index (χ1v) is 8.45. The number of pyridine rings is 1. The molecule has 2 heterocycles. The molecule has 1 aromatic heterocycles. The molecule has 0 aliphatic carbocycles. The normalized spacial score (nSPS) is 16.2. The Bertz CT molecular complexity index is 855. The van der Waals surface area contributed by atoms with Crippen LogP contribution in [0.1, 0.15) is 24.3 Å². The molecule has 2 aromatic rings. The fraction of sp³-hybridized carbons (Fsp3) is 0.278. The Balaban J connectivity index is 1.75. The fourth-order valence-corrected chi connectivity index (χ4v) is 2.85. The number of carbonyl (C=O) groups excluding carboxylic acids is 2. The maximum Gasteiger partial charge on any atom is 0.273 e. The summed E-state index contributed by atoms with van der Waals surface area (Å²) < 4.78 is 13.5. The minimum atomic E-state index is -0.936. The van der Waals surface area contributed by atoms with E-state index in [2.05, 4.69) is 15.6 Å². The summed E-state index contributed by atoms with van der Waals surface area (Å²) in [5.74, 6) is -1.03. The lowest BCUT2D eigenvalue weighted by Gasteiger charge is -2.40. The van der Waals surface area contributed by atoms with Gasteiger partial charge in [-0.1, -0.05) is 11.6 Å². The molecule has 0 unspecified atom stereocenters. The highest BCUT2D eigenvalue weighted by Crippen LogP contribution is 2.23. The van der Waals surface area contributed by atoms with Crippen molar-refractivity contribution < 1.29 is 14.0 Å². The molecule has 2 amide bonds. The molecule has 8 heteroatoms. The second-order valence-corrected chi connectivity index (χ2v) is 6.86. The van der Waals surface area contributed by atoms with Gasteiger partial charge in [0.05, 0.1) is 16.9 Å². The Morgan fingerprint density at radius 1 is 1.31 bits per heavy atom. The lowest BCUT2D eigenvalue weighted by molar-refractivity contribution is -0.133. The van der Waals surface area contributed by atoms with E-state index in [-0.39, 0.29) is 22.5 Å². The largest absolute Gasteiger partial charge is 0.354 e. The number of rotatable bonds is 3. The third-order valence-electron chi connectivity index (χ3n) is 4.29. The number of piperazine rings is 1. The van der Waals surface area contributed by atoms with Crippen molar-refractivity contribution in [3.05, 3.63) is 53.1 Å². The quantitative estimate of drug-likeness (QED) is 0.863. The smallest absolute Gasteiger partial charge is 0.273 e. The average molecular weight is 377 g/mol. The van der Waals surface area contributed by atoms with Crippen LogP contribution in [-0.2, 0) is 4.79 Å². The number of hydrogen-bond acceptors (Lipinski definition) is 4. The topological polar surface area (TPSA) is 74.3 Å². The van der Waals surface area contributed by atoms with Crippen LogP contribution < -0.4 is 10.6 Å². The van der Waals surface area contributed by atoms with E-state index in [4.69, 9.17) is 11.6 Å². The fourth-order valence-electron chi connectivity index (χ4n) is 2.73. The molecule has 0 radical (unpaired) electrons. The third kappa shape index (κ3) is 3.48. The van der Waals surface area contributed by atoms with Gasteiger partial charge in [-0.25, -0.2) is 9.37 Å². The van der Waals surface area contributed by atoms with Crippen LogP contribution in [0.25, 0.3) is 0 Å². The molecule has 1 aliphatic rings. The van der Waals surface area contributed by atoms with Gasteiger partial charge >= 0.3 is 0 Å². The summed E-state index contributed by atoms with van der Waals surface area (Å²) in [6.07, 6.45) is 1.48. The summed E-state index contributed by atoms with van der Waals surface area (Å²) in [6, 6.07) is 7.60. The van der Waals surface area contributed by atoms with Gasteiger partial charge in [0.2, 0.25) is 5.91 Å². The molecule has 1 fully saturated rings. The molecule has 1 aromatic carbocycles. The molecule has 1 saturated heterocycles. The lowest BCUT2D eigenvalue weighted by Crippen LogP contribution is -2.63. The predicted octanol–water partition coefficient (Wildman–Crippen LogP) is 2.97. The number of amides is 2. The van der Waals surface area contributed by atoms with Crippen LogP contribution in [0.4, 0.5) is 15.8 Å². The van der Waals surface area contributed by atoms with Gasteiger partial charge < -0.3 is 15.5 Å². The number of anilines is 2. The Labute approximate surface area is 155 Å². The standard InChI is InChI=1S/C18H18ClFN4O2/c1-18(2)17(26)21-7-8-24(18)16(25)15-6-4-12(10-22-15)23-11-3-5-13(19)14(20)9-11/h3-6,9-10,23H,7-8H2,1-2H3,(H,21,26). The highest BCUT2D eigenvalue weighted by atomic mass is 35.5.